The fourth-order valence-corrected chi connectivity index (χ4v) is 7.45. The van der Waals surface area contributed by atoms with E-state index in [1.165, 1.54) is 11.6 Å². The van der Waals surface area contributed by atoms with Gasteiger partial charge in [-0.15, -0.1) is 0 Å². The van der Waals surface area contributed by atoms with Crippen molar-refractivity contribution in [2.45, 2.75) is 103 Å². The van der Waals surface area contributed by atoms with E-state index in [1.807, 2.05) is 0 Å². The van der Waals surface area contributed by atoms with E-state index in [2.05, 4.69) is 84.0 Å². The fraction of sp³-hybridized carbons (Fsp3) is 0.552. The SMILES string of the molecule is Cc1cccc(CC[Si](C)(C)C)c1C(=N)c1c(CC[Si](C)(C)C)cc(F)cc1CC[Si](C)(C)C. The highest BCUT2D eigenvalue weighted by molar-refractivity contribution is 6.76. The Morgan fingerprint density at radius 1 is 0.676 bits per heavy atom. The Morgan fingerprint density at radius 3 is 1.50 bits per heavy atom. The summed E-state index contributed by atoms with van der Waals surface area (Å²) in [5.74, 6) is -0.142. The minimum absolute atomic E-state index is 0.142. The molecule has 0 amide bonds. The van der Waals surface area contributed by atoms with E-state index in [1.54, 1.807) is 12.1 Å². The van der Waals surface area contributed by atoms with Crippen molar-refractivity contribution in [2.75, 3.05) is 0 Å². The molecule has 0 fully saturated rings. The topological polar surface area (TPSA) is 23.9 Å². The van der Waals surface area contributed by atoms with Gasteiger partial charge in [-0.3, -0.25) is 5.41 Å². The first-order valence-electron chi connectivity index (χ1n) is 13.0. The van der Waals surface area contributed by atoms with Gasteiger partial charge in [0.25, 0.3) is 0 Å². The lowest BCUT2D eigenvalue weighted by Crippen LogP contribution is -2.23. The van der Waals surface area contributed by atoms with Gasteiger partial charge in [0.2, 0.25) is 0 Å². The maximum absolute atomic E-state index is 14.9. The average Bonchev–Trinajstić information content (AvgIpc) is 2.66. The van der Waals surface area contributed by atoms with Crippen LogP contribution < -0.4 is 0 Å². The molecule has 188 valence electrons. The quantitative estimate of drug-likeness (QED) is 0.229. The van der Waals surface area contributed by atoms with Gasteiger partial charge in [0.15, 0.2) is 0 Å². The summed E-state index contributed by atoms with van der Waals surface area (Å²) >= 11 is 0. The van der Waals surface area contributed by atoms with Gasteiger partial charge in [0, 0.05) is 35.3 Å². The van der Waals surface area contributed by atoms with E-state index in [9.17, 15) is 9.80 Å². The van der Waals surface area contributed by atoms with Crippen LogP contribution in [0.3, 0.4) is 0 Å². The van der Waals surface area contributed by atoms with Crippen molar-refractivity contribution in [3.63, 3.8) is 0 Å². The summed E-state index contributed by atoms with van der Waals surface area (Å²) in [7, 11) is -3.80. The lowest BCUT2D eigenvalue weighted by molar-refractivity contribution is 0.623. The van der Waals surface area contributed by atoms with Gasteiger partial charge < -0.3 is 0 Å². The Labute approximate surface area is 212 Å². The van der Waals surface area contributed by atoms with E-state index >= 15 is 0 Å². The maximum Gasteiger partial charge on any atom is 0.123 e. The largest absolute Gasteiger partial charge is 0.300 e. The molecule has 2 aromatic carbocycles. The molecular weight excluding hydrogens is 466 g/mol. The predicted molar refractivity (Wildman–Crippen MR) is 159 cm³/mol. The molecule has 0 aliphatic carbocycles. The van der Waals surface area contributed by atoms with Gasteiger partial charge in [-0.1, -0.05) is 95.3 Å². The number of benzene rings is 2. The Kier molecular flexibility index (Phi) is 9.50. The van der Waals surface area contributed by atoms with Gasteiger partial charge in [0.1, 0.15) is 5.82 Å². The van der Waals surface area contributed by atoms with E-state index in [-0.39, 0.29) is 5.82 Å². The number of nitrogens with one attached hydrogen (secondary N) is 1. The van der Waals surface area contributed by atoms with Gasteiger partial charge in [-0.2, -0.15) is 0 Å². The third-order valence-corrected chi connectivity index (χ3v) is 11.8. The summed E-state index contributed by atoms with van der Waals surface area (Å²) in [5.41, 5.74) is 7.23. The van der Waals surface area contributed by atoms with Crippen LogP contribution >= 0.6 is 0 Å². The third kappa shape index (κ3) is 9.05. The van der Waals surface area contributed by atoms with Gasteiger partial charge in [0.05, 0.1) is 5.71 Å². The molecule has 0 aliphatic heterocycles. The molecule has 2 rings (SSSR count). The molecule has 0 aliphatic rings. The van der Waals surface area contributed by atoms with E-state index in [0.29, 0.717) is 5.71 Å². The number of hydrogen-bond donors (Lipinski definition) is 1. The molecule has 0 bridgehead atoms. The normalized spacial score (nSPS) is 12.8. The summed E-state index contributed by atoms with van der Waals surface area (Å²) < 4.78 is 14.9. The molecule has 0 heterocycles. The second-order valence-electron chi connectivity index (χ2n) is 13.8. The number of rotatable bonds is 11. The van der Waals surface area contributed by atoms with Crippen LogP contribution in [-0.4, -0.2) is 29.9 Å². The molecule has 5 heteroatoms. The maximum atomic E-state index is 14.9. The van der Waals surface area contributed by atoms with Crippen molar-refractivity contribution in [1.82, 2.24) is 0 Å². The van der Waals surface area contributed by atoms with Crippen molar-refractivity contribution >= 4 is 29.9 Å². The van der Waals surface area contributed by atoms with Crippen molar-refractivity contribution in [2.24, 2.45) is 0 Å². The molecule has 0 saturated carbocycles. The Hall–Kier alpha value is -1.31. The van der Waals surface area contributed by atoms with Crippen molar-refractivity contribution < 1.29 is 4.39 Å². The van der Waals surface area contributed by atoms with Crippen LogP contribution in [0.25, 0.3) is 0 Å². The number of halogens is 1. The molecule has 0 unspecified atom stereocenters. The molecular formula is C29H48FNSi3. The third-order valence-electron chi connectivity index (χ3n) is 6.56. The van der Waals surface area contributed by atoms with Crippen LogP contribution in [0.15, 0.2) is 30.3 Å². The molecule has 1 N–H and O–H groups in total. The van der Waals surface area contributed by atoms with Gasteiger partial charge >= 0.3 is 0 Å². The molecule has 2 aromatic rings. The van der Waals surface area contributed by atoms with Gasteiger partial charge in [-0.25, -0.2) is 4.39 Å². The highest BCUT2D eigenvalue weighted by Crippen LogP contribution is 2.30. The Balaban J connectivity index is 2.64. The Morgan fingerprint density at radius 2 is 1.09 bits per heavy atom. The lowest BCUT2D eigenvalue weighted by Gasteiger charge is -2.24. The molecule has 0 spiro atoms. The van der Waals surface area contributed by atoms with Crippen LogP contribution in [0.1, 0.15) is 33.4 Å². The Bertz CT molecular complexity index is 968. The molecule has 0 saturated heterocycles. The van der Waals surface area contributed by atoms with Crippen LogP contribution in [0, 0.1) is 18.2 Å². The standard InChI is InChI=1S/C29H48FNSi3/c1-22-12-11-13-23(14-17-32(2,3)4)27(22)29(31)28-24(15-18-33(5,6)7)20-26(30)21-25(28)16-19-34(8,9)10/h11-13,20-21,31H,14-19H2,1-10H3. The fourth-order valence-electron chi connectivity index (χ4n) is 4.39. The number of aryl methyl sites for hydroxylation is 4. The second kappa shape index (κ2) is 11.2. The second-order valence-corrected chi connectivity index (χ2v) is 30.6. The minimum Gasteiger partial charge on any atom is -0.300 e. The smallest absolute Gasteiger partial charge is 0.123 e. The van der Waals surface area contributed by atoms with Gasteiger partial charge in [-0.05, 0) is 60.6 Å². The zero-order valence-electron chi connectivity index (χ0n) is 23.5. The highest BCUT2D eigenvalue weighted by Gasteiger charge is 2.24. The minimum atomic E-state index is -1.30. The van der Waals surface area contributed by atoms with Crippen LogP contribution in [0.2, 0.25) is 77.1 Å². The molecule has 0 atom stereocenters. The highest BCUT2D eigenvalue weighted by atomic mass is 28.3. The first-order valence-corrected chi connectivity index (χ1v) is 24.1. The molecule has 34 heavy (non-hydrogen) atoms. The zero-order valence-corrected chi connectivity index (χ0v) is 26.5. The summed E-state index contributed by atoms with van der Waals surface area (Å²) in [6.07, 6.45) is 2.74. The number of hydrogen-bond acceptors (Lipinski definition) is 1. The molecule has 0 aromatic heterocycles. The van der Waals surface area contributed by atoms with Crippen molar-refractivity contribution in [3.8, 4) is 0 Å². The predicted octanol–water partition coefficient (Wildman–Crippen LogP) is 9.19. The summed E-state index contributed by atoms with van der Waals surface area (Å²) in [4.78, 5) is 0. The molecule has 1 nitrogen and oxygen atoms in total. The van der Waals surface area contributed by atoms with E-state index in [4.69, 9.17) is 0 Å². The summed E-state index contributed by atoms with van der Waals surface area (Å²) in [6, 6.07) is 13.4. The lowest BCUT2D eigenvalue weighted by atomic mass is 9.86. The average molecular weight is 514 g/mol. The first kappa shape index (κ1) is 28.9. The summed E-state index contributed by atoms with van der Waals surface area (Å²) in [6.45, 7) is 23.6. The first-order chi connectivity index (χ1) is 15.5. The molecule has 0 radical (unpaired) electrons. The monoisotopic (exact) mass is 513 g/mol. The van der Waals surface area contributed by atoms with Crippen molar-refractivity contribution in [3.05, 3.63) is 69.5 Å². The van der Waals surface area contributed by atoms with Crippen LogP contribution in [-0.2, 0) is 19.3 Å². The van der Waals surface area contributed by atoms with Crippen LogP contribution in [0.5, 0.6) is 0 Å². The zero-order chi connectivity index (χ0) is 25.9. The van der Waals surface area contributed by atoms with Crippen molar-refractivity contribution in [1.29, 1.82) is 5.41 Å². The van der Waals surface area contributed by atoms with E-state index < -0.39 is 24.2 Å². The van der Waals surface area contributed by atoms with Crippen LogP contribution in [0.4, 0.5) is 4.39 Å². The van der Waals surface area contributed by atoms with E-state index in [0.717, 1.165) is 59.2 Å². The summed E-state index contributed by atoms with van der Waals surface area (Å²) in [5, 5.41) is 9.52.